The first-order chi connectivity index (χ1) is 10.3. The van der Waals surface area contributed by atoms with E-state index in [1.54, 1.807) is 0 Å². The van der Waals surface area contributed by atoms with Crippen molar-refractivity contribution in [2.45, 2.75) is 6.42 Å². The number of fused-ring (bicyclic) bond motifs is 1. The summed E-state index contributed by atoms with van der Waals surface area (Å²) < 4.78 is 4.91. The van der Waals surface area contributed by atoms with E-state index in [1.807, 2.05) is 48.5 Å². The topological polar surface area (TPSA) is 26.3 Å². The molecule has 0 saturated heterocycles. The maximum atomic E-state index is 12.0. The fourth-order valence-corrected chi connectivity index (χ4v) is 2.59. The van der Waals surface area contributed by atoms with Crippen LogP contribution in [0.3, 0.4) is 0 Å². The first-order valence-electron chi connectivity index (χ1n) is 6.92. The molecule has 0 atom stereocenters. The van der Waals surface area contributed by atoms with Crippen LogP contribution in [0.5, 0.6) is 0 Å². The second kappa shape index (κ2) is 5.80. The third kappa shape index (κ3) is 2.79. The first-order valence-corrected chi connectivity index (χ1v) is 6.92. The van der Waals surface area contributed by atoms with Crippen molar-refractivity contribution in [3.63, 3.8) is 0 Å². The summed E-state index contributed by atoms with van der Waals surface area (Å²) in [7, 11) is 1.42. The Morgan fingerprint density at radius 1 is 0.905 bits per heavy atom. The Morgan fingerprint density at radius 3 is 2.38 bits per heavy atom. The van der Waals surface area contributed by atoms with Gasteiger partial charge in [0.05, 0.1) is 12.7 Å². The Kier molecular flexibility index (Phi) is 3.69. The minimum Gasteiger partial charge on any atom is -0.465 e. The molecule has 0 bridgehead atoms. The molecule has 0 amide bonds. The van der Waals surface area contributed by atoms with Gasteiger partial charge in [-0.1, -0.05) is 60.7 Å². The van der Waals surface area contributed by atoms with Crippen LogP contribution >= 0.6 is 0 Å². The number of ether oxygens (including phenoxy) is 1. The molecule has 104 valence electrons. The maximum absolute atomic E-state index is 12.0. The van der Waals surface area contributed by atoms with Crippen molar-refractivity contribution < 1.29 is 9.53 Å². The summed E-state index contributed by atoms with van der Waals surface area (Å²) in [4.78, 5) is 12.0. The molecule has 0 aliphatic rings. The summed E-state index contributed by atoms with van der Waals surface area (Å²) in [6, 6.07) is 22.2. The van der Waals surface area contributed by atoms with Crippen LogP contribution in [0.25, 0.3) is 10.8 Å². The molecule has 2 nitrogen and oxygen atoms in total. The second-order valence-electron chi connectivity index (χ2n) is 5.02. The molecule has 3 rings (SSSR count). The summed E-state index contributed by atoms with van der Waals surface area (Å²) in [5.41, 5.74) is 2.96. The van der Waals surface area contributed by atoms with Gasteiger partial charge in [0.2, 0.25) is 0 Å². The largest absolute Gasteiger partial charge is 0.465 e. The molecule has 0 spiro atoms. The molecular weight excluding hydrogens is 260 g/mol. The number of hydrogen-bond donors (Lipinski definition) is 0. The van der Waals surface area contributed by atoms with E-state index in [2.05, 4.69) is 18.2 Å². The van der Waals surface area contributed by atoms with Crippen molar-refractivity contribution in [2.75, 3.05) is 7.11 Å². The van der Waals surface area contributed by atoms with Crippen molar-refractivity contribution >= 4 is 16.7 Å². The van der Waals surface area contributed by atoms with Crippen molar-refractivity contribution in [3.05, 3.63) is 83.4 Å². The number of carbonyl (C=O) groups excluding carboxylic acids is 1. The van der Waals surface area contributed by atoms with Crippen molar-refractivity contribution in [2.24, 2.45) is 0 Å². The van der Waals surface area contributed by atoms with Gasteiger partial charge < -0.3 is 4.74 Å². The van der Waals surface area contributed by atoms with Crippen LogP contribution in [0.15, 0.2) is 66.7 Å². The third-order valence-electron chi connectivity index (χ3n) is 3.58. The Labute approximate surface area is 124 Å². The lowest BCUT2D eigenvalue weighted by atomic mass is 9.97. The first kappa shape index (κ1) is 13.4. The molecule has 0 aliphatic carbocycles. The Balaban J connectivity index is 2.10. The van der Waals surface area contributed by atoms with Gasteiger partial charge >= 0.3 is 5.97 Å². The van der Waals surface area contributed by atoms with E-state index in [9.17, 15) is 4.79 Å². The van der Waals surface area contributed by atoms with Gasteiger partial charge in [-0.05, 0) is 34.4 Å². The van der Waals surface area contributed by atoms with Crippen LogP contribution in [0.1, 0.15) is 21.5 Å². The predicted molar refractivity (Wildman–Crippen MR) is 84.5 cm³/mol. The van der Waals surface area contributed by atoms with E-state index in [0.717, 1.165) is 22.8 Å². The van der Waals surface area contributed by atoms with E-state index in [4.69, 9.17) is 4.74 Å². The number of hydrogen-bond acceptors (Lipinski definition) is 2. The summed E-state index contributed by atoms with van der Waals surface area (Å²) in [5.74, 6) is -0.291. The van der Waals surface area contributed by atoms with Crippen LogP contribution < -0.4 is 0 Å². The normalized spacial score (nSPS) is 10.5. The highest BCUT2D eigenvalue weighted by atomic mass is 16.5. The minimum absolute atomic E-state index is 0.291. The standard InChI is InChI=1S/C19H16O2/c1-21-19(20)18-13-15(11-14-7-3-2-4-8-14)12-16-9-5-6-10-17(16)18/h2-10,12-13H,11H2,1H3. The van der Waals surface area contributed by atoms with Crippen molar-refractivity contribution in [1.29, 1.82) is 0 Å². The fraction of sp³-hybridized carbons (Fsp3) is 0.105. The van der Waals surface area contributed by atoms with Gasteiger partial charge in [0.25, 0.3) is 0 Å². The Bertz CT molecular complexity index is 776. The van der Waals surface area contributed by atoms with Crippen LogP contribution in [-0.2, 0) is 11.2 Å². The van der Waals surface area contributed by atoms with Crippen molar-refractivity contribution in [1.82, 2.24) is 0 Å². The van der Waals surface area contributed by atoms with Gasteiger partial charge in [0.1, 0.15) is 0 Å². The summed E-state index contributed by atoms with van der Waals surface area (Å²) in [6.45, 7) is 0. The fourth-order valence-electron chi connectivity index (χ4n) is 2.59. The quantitative estimate of drug-likeness (QED) is 0.670. The monoisotopic (exact) mass is 276 g/mol. The molecule has 0 saturated carbocycles. The molecule has 0 N–H and O–H groups in total. The Hall–Kier alpha value is -2.61. The Morgan fingerprint density at radius 2 is 1.62 bits per heavy atom. The van der Waals surface area contributed by atoms with Crippen LogP contribution in [0.2, 0.25) is 0 Å². The third-order valence-corrected chi connectivity index (χ3v) is 3.58. The van der Waals surface area contributed by atoms with E-state index in [-0.39, 0.29) is 5.97 Å². The zero-order valence-corrected chi connectivity index (χ0v) is 11.9. The lowest BCUT2D eigenvalue weighted by molar-refractivity contribution is 0.0603. The zero-order chi connectivity index (χ0) is 14.7. The molecule has 3 aromatic rings. The minimum atomic E-state index is -0.291. The number of carbonyl (C=O) groups is 1. The van der Waals surface area contributed by atoms with Gasteiger partial charge in [0.15, 0.2) is 0 Å². The highest BCUT2D eigenvalue weighted by Gasteiger charge is 2.12. The average Bonchev–Trinajstić information content (AvgIpc) is 2.54. The van der Waals surface area contributed by atoms with Crippen LogP contribution in [0, 0.1) is 0 Å². The number of rotatable bonds is 3. The SMILES string of the molecule is COC(=O)c1cc(Cc2ccccc2)cc2ccccc12. The number of esters is 1. The molecular formula is C19H16O2. The number of benzene rings is 3. The number of methoxy groups -OCH3 is 1. The summed E-state index contributed by atoms with van der Waals surface area (Å²) in [5, 5.41) is 1.99. The van der Waals surface area contributed by atoms with E-state index < -0.39 is 0 Å². The highest BCUT2D eigenvalue weighted by molar-refractivity contribution is 6.04. The average molecular weight is 276 g/mol. The maximum Gasteiger partial charge on any atom is 0.338 e. The molecule has 2 heteroatoms. The predicted octanol–water partition coefficient (Wildman–Crippen LogP) is 4.22. The molecule has 0 aliphatic heterocycles. The van der Waals surface area contributed by atoms with Gasteiger partial charge in [-0.3, -0.25) is 0 Å². The zero-order valence-electron chi connectivity index (χ0n) is 11.9. The lowest BCUT2D eigenvalue weighted by Gasteiger charge is -2.09. The lowest BCUT2D eigenvalue weighted by Crippen LogP contribution is -2.03. The van der Waals surface area contributed by atoms with E-state index in [1.165, 1.54) is 12.7 Å². The van der Waals surface area contributed by atoms with Gasteiger partial charge in [-0.15, -0.1) is 0 Å². The van der Waals surface area contributed by atoms with E-state index in [0.29, 0.717) is 5.56 Å². The van der Waals surface area contributed by atoms with Crippen molar-refractivity contribution in [3.8, 4) is 0 Å². The molecule has 21 heavy (non-hydrogen) atoms. The van der Waals surface area contributed by atoms with Crippen LogP contribution in [0.4, 0.5) is 0 Å². The molecule has 0 heterocycles. The molecule has 0 aromatic heterocycles. The molecule has 0 fully saturated rings. The molecule has 0 unspecified atom stereocenters. The second-order valence-corrected chi connectivity index (χ2v) is 5.02. The van der Waals surface area contributed by atoms with Gasteiger partial charge in [0, 0.05) is 0 Å². The summed E-state index contributed by atoms with van der Waals surface area (Å²) >= 11 is 0. The highest BCUT2D eigenvalue weighted by Crippen LogP contribution is 2.23. The summed E-state index contributed by atoms with van der Waals surface area (Å²) in [6.07, 6.45) is 0.801. The smallest absolute Gasteiger partial charge is 0.338 e. The van der Waals surface area contributed by atoms with Gasteiger partial charge in [-0.2, -0.15) is 0 Å². The molecule has 0 radical (unpaired) electrons. The molecule has 3 aromatic carbocycles. The van der Waals surface area contributed by atoms with Crippen LogP contribution in [-0.4, -0.2) is 13.1 Å². The van der Waals surface area contributed by atoms with E-state index >= 15 is 0 Å². The van der Waals surface area contributed by atoms with Gasteiger partial charge in [-0.25, -0.2) is 4.79 Å².